The molecule has 4 unspecified atom stereocenters. The van der Waals surface area contributed by atoms with E-state index in [0.717, 1.165) is 43.5 Å². The lowest BCUT2D eigenvalue weighted by molar-refractivity contribution is -0.129. The van der Waals surface area contributed by atoms with Crippen LogP contribution < -0.4 is 16.9 Å². The lowest BCUT2D eigenvalue weighted by Gasteiger charge is -2.40. The number of hydrazine groups is 1. The highest BCUT2D eigenvalue weighted by atomic mass is 16.5. The van der Waals surface area contributed by atoms with Crippen molar-refractivity contribution in [1.29, 1.82) is 0 Å². The molecule has 5 N–H and O–H groups in total. The summed E-state index contributed by atoms with van der Waals surface area (Å²) in [4.78, 5) is 22.8. The van der Waals surface area contributed by atoms with Gasteiger partial charge < -0.3 is 25.5 Å². The zero-order valence-corrected chi connectivity index (χ0v) is 23.1. The lowest BCUT2D eigenvalue weighted by Crippen LogP contribution is -2.50. The molecule has 2 aliphatic carbocycles. The van der Waals surface area contributed by atoms with Gasteiger partial charge in [0.25, 0.3) is 6.47 Å². The van der Waals surface area contributed by atoms with Gasteiger partial charge in [0.05, 0.1) is 17.7 Å². The molecule has 0 spiro atoms. The number of allylic oxidation sites excluding steroid dienone is 2. The summed E-state index contributed by atoms with van der Waals surface area (Å²) < 4.78 is 11.2. The first-order valence-electron chi connectivity index (χ1n) is 13.3. The van der Waals surface area contributed by atoms with Crippen LogP contribution in [0.4, 0.5) is 0 Å². The molecule has 0 bridgehead atoms. The Kier molecular flexibility index (Phi) is 10.5. The number of rotatable bonds is 14. The maximum atomic E-state index is 12.3. The van der Waals surface area contributed by atoms with Crippen LogP contribution in [0.3, 0.4) is 0 Å². The van der Waals surface area contributed by atoms with Crippen LogP contribution in [0.15, 0.2) is 11.4 Å². The SMILES string of the molecule is CC(C)C(C)NC(=O)CCC(C)(C)OCCC(C)(C)N(N)/C1=C(\N)CCC2C(CC1)C2COC=O. The maximum Gasteiger partial charge on any atom is 0.293 e. The number of nitrogens with zero attached hydrogens (tertiary/aromatic N) is 1. The van der Waals surface area contributed by atoms with E-state index in [0.29, 0.717) is 56.2 Å². The first kappa shape index (κ1) is 29.4. The summed E-state index contributed by atoms with van der Waals surface area (Å²) in [5, 5.41) is 4.91. The number of nitrogens with one attached hydrogen (secondary N) is 1. The van der Waals surface area contributed by atoms with Crippen molar-refractivity contribution in [2.24, 2.45) is 35.2 Å². The van der Waals surface area contributed by atoms with Gasteiger partial charge in [-0.3, -0.25) is 9.59 Å². The van der Waals surface area contributed by atoms with Crippen LogP contribution in [-0.4, -0.2) is 47.8 Å². The molecule has 2 rings (SSSR count). The fourth-order valence-corrected chi connectivity index (χ4v) is 5.03. The quantitative estimate of drug-likeness (QED) is 0.191. The van der Waals surface area contributed by atoms with Crippen LogP contribution in [-0.2, 0) is 19.1 Å². The molecule has 202 valence electrons. The molecule has 0 radical (unpaired) electrons. The van der Waals surface area contributed by atoms with Crippen LogP contribution in [0.2, 0.25) is 0 Å². The molecule has 1 amide bonds. The van der Waals surface area contributed by atoms with E-state index in [-0.39, 0.29) is 17.5 Å². The fourth-order valence-electron chi connectivity index (χ4n) is 5.03. The molecular weight excluding hydrogens is 444 g/mol. The number of carbonyl (C=O) groups is 2. The molecular formula is C27H50N4O4. The van der Waals surface area contributed by atoms with Crippen molar-refractivity contribution in [2.75, 3.05) is 13.2 Å². The molecule has 0 saturated heterocycles. The largest absolute Gasteiger partial charge is 0.468 e. The van der Waals surface area contributed by atoms with Gasteiger partial charge in [-0.25, -0.2) is 5.84 Å². The molecule has 0 aromatic carbocycles. The molecule has 0 aromatic rings. The minimum absolute atomic E-state index is 0.0703. The zero-order chi connectivity index (χ0) is 26.4. The molecule has 0 heterocycles. The number of amides is 1. The van der Waals surface area contributed by atoms with Crippen molar-refractivity contribution < 1.29 is 19.1 Å². The highest BCUT2D eigenvalue weighted by molar-refractivity contribution is 5.76. The van der Waals surface area contributed by atoms with Gasteiger partial charge in [0.1, 0.15) is 0 Å². The molecule has 8 nitrogen and oxygen atoms in total. The van der Waals surface area contributed by atoms with E-state index in [4.69, 9.17) is 21.1 Å². The average Bonchev–Trinajstić information content (AvgIpc) is 3.43. The number of nitrogens with two attached hydrogens (primary N) is 2. The summed E-state index contributed by atoms with van der Waals surface area (Å²) in [6, 6.07) is 0.166. The van der Waals surface area contributed by atoms with Gasteiger partial charge in [0.15, 0.2) is 0 Å². The highest BCUT2D eigenvalue weighted by Gasteiger charge is 2.50. The smallest absolute Gasteiger partial charge is 0.293 e. The Labute approximate surface area is 212 Å². The summed E-state index contributed by atoms with van der Waals surface area (Å²) in [6.07, 6.45) is 5.52. The summed E-state index contributed by atoms with van der Waals surface area (Å²) in [6.45, 7) is 16.1. The maximum absolute atomic E-state index is 12.3. The van der Waals surface area contributed by atoms with E-state index in [1.54, 1.807) is 0 Å². The molecule has 35 heavy (non-hydrogen) atoms. The monoisotopic (exact) mass is 494 g/mol. The van der Waals surface area contributed by atoms with Crippen molar-refractivity contribution in [3.63, 3.8) is 0 Å². The van der Waals surface area contributed by atoms with Gasteiger partial charge in [0.2, 0.25) is 5.91 Å². The Morgan fingerprint density at radius 3 is 2.37 bits per heavy atom. The lowest BCUT2D eigenvalue weighted by atomic mass is 9.95. The Bertz CT molecular complexity index is 749. The van der Waals surface area contributed by atoms with E-state index in [2.05, 4.69) is 33.0 Å². The van der Waals surface area contributed by atoms with Crippen LogP contribution >= 0.6 is 0 Å². The van der Waals surface area contributed by atoms with Crippen molar-refractivity contribution in [3.05, 3.63) is 11.4 Å². The third kappa shape index (κ3) is 8.67. The van der Waals surface area contributed by atoms with E-state index in [1.165, 1.54) is 0 Å². The Morgan fingerprint density at radius 1 is 1.14 bits per heavy atom. The molecule has 0 aliphatic heterocycles. The Balaban J connectivity index is 1.83. The zero-order valence-electron chi connectivity index (χ0n) is 23.1. The summed E-state index contributed by atoms with van der Waals surface area (Å²) in [5.74, 6) is 8.77. The third-order valence-electron chi connectivity index (χ3n) is 8.19. The van der Waals surface area contributed by atoms with Crippen molar-refractivity contribution >= 4 is 12.4 Å². The number of ether oxygens (including phenoxy) is 2. The predicted molar refractivity (Wildman–Crippen MR) is 139 cm³/mol. The molecule has 0 aromatic heterocycles. The second-order valence-corrected chi connectivity index (χ2v) is 12.1. The molecule has 8 heteroatoms. The van der Waals surface area contributed by atoms with E-state index >= 15 is 0 Å². The van der Waals surface area contributed by atoms with Gasteiger partial charge >= 0.3 is 0 Å². The van der Waals surface area contributed by atoms with Gasteiger partial charge in [-0.05, 0) is 96.8 Å². The predicted octanol–water partition coefficient (Wildman–Crippen LogP) is 3.85. The second-order valence-electron chi connectivity index (χ2n) is 12.1. The molecule has 2 aliphatic rings. The van der Waals surface area contributed by atoms with Gasteiger partial charge in [0, 0.05) is 30.5 Å². The number of hydrogen-bond acceptors (Lipinski definition) is 7. The second kappa shape index (κ2) is 12.4. The number of fused-ring (bicyclic) bond motifs is 1. The minimum Gasteiger partial charge on any atom is -0.468 e. The van der Waals surface area contributed by atoms with E-state index in [1.807, 2.05) is 25.8 Å². The molecule has 4 atom stereocenters. The van der Waals surface area contributed by atoms with Crippen LogP contribution in [0.25, 0.3) is 0 Å². The highest BCUT2D eigenvalue weighted by Crippen LogP contribution is 2.54. The van der Waals surface area contributed by atoms with Crippen LogP contribution in [0.1, 0.15) is 93.4 Å². The third-order valence-corrected chi connectivity index (χ3v) is 8.19. The topological polar surface area (TPSA) is 120 Å². The first-order chi connectivity index (χ1) is 16.3. The summed E-state index contributed by atoms with van der Waals surface area (Å²) >= 11 is 0. The van der Waals surface area contributed by atoms with Crippen molar-refractivity contribution in [1.82, 2.24) is 10.3 Å². The van der Waals surface area contributed by atoms with E-state index in [9.17, 15) is 9.59 Å². The fraction of sp³-hybridized carbons (Fsp3) is 0.852. The average molecular weight is 495 g/mol. The van der Waals surface area contributed by atoms with Gasteiger partial charge in [-0.1, -0.05) is 13.8 Å². The first-order valence-corrected chi connectivity index (χ1v) is 13.3. The molecule has 1 saturated carbocycles. The van der Waals surface area contributed by atoms with E-state index < -0.39 is 5.60 Å². The molecule has 1 fully saturated rings. The summed E-state index contributed by atoms with van der Waals surface area (Å²) in [5.41, 5.74) is 7.65. The minimum atomic E-state index is -0.397. The standard InChI is InChI=1S/C27H50N4O4/c1-18(2)19(3)30-25(33)12-13-27(6,7)35-15-14-26(4,5)31(29)24-11-9-21-20(8-10-23(24)28)22(21)16-34-17-32/h17-22H,8-16,28-29H2,1-7H3,(H,30,33)/b24-23-. The van der Waals surface area contributed by atoms with Crippen LogP contribution in [0.5, 0.6) is 0 Å². The Morgan fingerprint density at radius 2 is 1.77 bits per heavy atom. The summed E-state index contributed by atoms with van der Waals surface area (Å²) in [7, 11) is 0. The number of hydrogen-bond donors (Lipinski definition) is 3. The number of carbonyl (C=O) groups excluding carboxylic acids is 2. The van der Waals surface area contributed by atoms with Gasteiger partial charge in [-0.15, -0.1) is 0 Å². The normalized spacial score (nSPS) is 25.8. The van der Waals surface area contributed by atoms with Gasteiger partial charge in [-0.2, -0.15) is 0 Å². The van der Waals surface area contributed by atoms with Crippen molar-refractivity contribution in [2.45, 2.75) is 111 Å². The Hall–Kier alpha value is -1.80. The van der Waals surface area contributed by atoms with Crippen molar-refractivity contribution in [3.8, 4) is 0 Å². The van der Waals surface area contributed by atoms with Crippen LogP contribution in [0, 0.1) is 23.7 Å².